The van der Waals surface area contributed by atoms with Gasteiger partial charge in [0.2, 0.25) is 0 Å². The van der Waals surface area contributed by atoms with Gasteiger partial charge in [0.05, 0.1) is 11.4 Å². The second-order valence-electron chi connectivity index (χ2n) is 6.62. The number of ether oxygens (including phenoxy) is 4. The van der Waals surface area contributed by atoms with E-state index in [0.29, 0.717) is 0 Å². The maximum Gasteiger partial charge on any atom is 0.333 e. The molecular formula is C16H21O10S-. The molecule has 2 heterocycles. The third-order valence-corrected chi connectivity index (χ3v) is 4.86. The fourth-order valence-corrected chi connectivity index (χ4v) is 3.75. The van der Waals surface area contributed by atoms with Crippen LogP contribution in [0.3, 0.4) is 0 Å². The van der Waals surface area contributed by atoms with Crippen molar-refractivity contribution in [3.63, 3.8) is 0 Å². The van der Waals surface area contributed by atoms with Crippen molar-refractivity contribution in [1.82, 2.24) is 0 Å². The summed E-state index contributed by atoms with van der Waals surface area (Å²) in [7, 11) is 0. The van der Waals surface area contributed by atoms with Gasteiger partial charge in [-0.2, -0.15) is 0 Å². The van der Waals surface area contributed by atoms with Gasteiger partial charge >= 0.3 is 17.9 Å². The first-order valence-corrected chi connectivity index (χ1v) is 9.11. The van der Waals surface area contributed by atoms with E-state index < -0.39 is 52.7 Å². The average Bonchev–Trinajstić information content (AvgIpc) is 3.05. The van der Waals surface area contributed by atoms with Crippen molar-refractivity contribution < 1.29 is 46.3 Å². The average molecular weight is 405 g/mol. The van der Waals surface area contributed by atoms with Gasteiger partial charge in [-0.25, -0.2) is 9.00 Å². The van der Waals surface area contributed by atoms with Crippen molar-refractivity contribution in [2.45, 2.75) is 57.0 Å². The molecule has 27 heavy (non-hydrogen) atoms. The summed E-state index contributed by atoms with van der Waals surface area (Å²) in [5.41, 5.74) is -2.62. The van der Waals surface area contributed by atoms with Gasteiger partial charge in [-0.1, -0.05) is 6.58 Å². The largest absolute Gasteiger partial charge is 0.750 e. The lowest BCUT2D eigenvalue weighted by atomic mass is 9.78. The summed E-state index contributed by atoms with van der Waals surface area (Å²) < 4.78 is 48.9. The molecule has 0 radical (unpaired) electrons. The molecule has 2 saturated heterocycles. The van der Waals surface area contributed by atoms with Crippen LogP contribution in [0.4, 0.5) is 0 Å². The Balaban J connectivity index is 2.39. The quantitative estimate of drug-likeness (QED) is 0.236. The molecule has 2 aliphatic heterocycles. The molecule has 10 nitrogen and oxygen atoms in total. The Bertz CT molecular complexity index is 676. The van der Waals surface area contributed by atoms with Crippen LogP contribution in [0.25, 0.3) is 0 Å². The number of rotatable bonds is 8. The lowest BCUT2D eigenvalue weighted by Crippen LogP contribution is -2.55. The van der Waals surface area contributed by atoms with Gasteiger partial charge in [-0.3, -0.25) is 13.8 Å². The summed E-state index contributed by atoms with van der Waals surface area (Å²) in [5.74, 6) is -1.98. The Labute approximate surface area is 158 Å². The van der Waals surface area contributed by atoms with Crippen LogP contribution >= 0.6 is 0 Å². The molecule has 0 aromatic heterocycles. The highest BCUT2D eigenvalue weighted by molar-refractivity contribution is 7.74. The van der Waals surface area contributed by atoms with Crippen molar-refractivity contribution in [2.24, 2.45) is 0 Å². The zero-order chi connectivity index (χ0) is 20.4. The molecule has 5 atom stereocenters. The molecule has 2 fully saturated rings. The Morgan fingerprint density at radius 3 is 1.96 bits per heavy atom. The second-order valence-corrected chi connectivity index (χ2v) is 7.22. The number of esters is 3. The van der Waals surface area contributed by atoms with Gasteiger partial charge in [-0.05, 0) is 19.8 Å². The molecule has 0 saturated carbocycles. The first-order chi connectivity index (χ1) is 12.5. The number of fused-ring (bicyclic) bond motifs is 2. The third kappa shape index (κ3) is 4.54. The van der Waals surface area contributed by atoms with Gasteiger partial charge in [0, 0.05) is 19.4 Å². The topological polar surface area (TPSA) is 137 Å². The monoisotopic (exact) mass is 405 g/mol. The summed E-state index contributed by atoms with van der Waals surface area (Å²) in [4.78, 5) is 34.6. The van der Waals surface area contributed by atoms with Crippen molar-refractivity contribution in [3.05, 3.63) is 12.2 Å². The molecule has 152 valence electrons. The Morgan fingerprint density at radius 1 is 1.07 bits per heavy atom. The van der Waals surface area contributed by atoms with Crippen LogP contribution in [0, 0.1) is 0 Å². The fourth-order valence-electron chi connectivity index (χ4n) is 3.31. The summed E-state index contributed by atoms with van der Waals surface area (Å²) in [6.45, 7) is 6.69. The SMILES string of the molecule is C=C(C)C(=O)OC1C(OS(=O)[O-])C2(COC(C)=O)CCC1(COC(C)=O)O2. The number of hydrogen-bond acceptors (Lipinski definition) is 10. The Hall–Kier alpha value is -1.82. The highest BCUT2D eigenvalue weighted by Crippen LogP contribution is 2.54. The molecule has 11 heteroatoms. The lowest BCUT2D eigenvalue weighted by molar-refractivity contribution is -0.171. The highest BCUT2D eigenvalue weighted by Gasteiger charge is 2.71. The minimum Gasteiger partial charge on any atom is -0.750 e. The van der Waals surface area contributed by atoms with Crippen LogP contribution in [0.2, 0.25) is 0 Å². The standard InChI is InChI=1S/C16H22O10S/c1-9(2)14(19)24-12-13(25-27(20)21)16(8-23-11(4)18)6-5-15(12,26-16)7-22-10(3)17/h12-13H,1,5-8H2,2-4H3,(H,20,21)/p-1. The zero-order valence-corrected chi connectivity index (χ0v) is 16.0. The number of carbonyl (C=O) groups is 3. The van der Waals surface area contributed by atoms with E-state index in [4.69, 9.17) is 23.1 Å². The first kappa shape index (κ1) is 21.5. The van der Waals surface area contributed by atoms with Gasteiger partial charge in [0.1, 0.15) is 30.5 Å². The maximum absolute atomic E-state index is 12.1. The Kier molecular flexibility index (Phi) is 6.40. The molecule has 2 rings (SSSR count). The molecule has 2 aliphatic rings. The normalized spacial score (nSPS) is 32.6. The Morgan fingerprint density at radius 2 is 1.56 bits per heavy atom. The fraction of sp³-hybridized carbons (Fsp3) is 0.688. The van der Waals surface area contributed by atoms with Gasteiger partial charge in [0.15, 0.2) is 6.10 Å². The molecular weight excluding hydrogens is 384 g/mol. The van der Waals surface area contributed by atoms with E-state index in [9.17, 15) is 23.1 Å². The smallest absolute Gasteiger partial charge is 0.333 e. The summed E-state index contributed by atoms with van der Waals surface area (Å²) in [5, 5.41) is 0. The summed E-state index contributed by atoms with van der Waals surface area (Å²) in [6, 6.07) is 0. The van der Waals surface area contributed by atoms with Crippen LogP contribution in [0.5, 0.6) is 0 Å². The van der Waals surface area contributed by atoms with E-state index in [1.807, 2.05) is 0 Å². The van der Waals surface area contributed by atoms with Crippen molar-refractivity contribution in [3.8, 4) is 0 Å². The molecule has 5 unspecified atom stereocenters. The molecule has 0 aromatic carbocycles. The van der Waals surface area contributed by atoms with Gasteiger partial charge in [-0.15, -0.1) is 0 Å². The van der Waals surface area contributed by atoms with Crippen molar-refractivity contribution in [1.29, 1.82) is 0 Å². The number of carbonyl (C=O) groups excluding carboxylic acids is 3. The predicted molar refractivity (Wildman–Crippen MR) is 87.5 cm³/mol. The maximum atomic E-state index is 12.1. The molecule has 2 bridgehead atoms. The van der Waals surface area contributed by atoms with Crippen LogP contribution in [-0.4, -0.2) is 63.3 Å². The van der Waals surface area contributed by atoms with Crippen molar-refractivity contribution >= 4 is 29.3 Å². The zero-order valence-electron chi connectivity index (χ0n) is 15.2. The minimum absolute atomic E-state index is 0.0800. The minimum atomic E-state index is -2.97. The van der Waals surface area contributed by atoms with Gasteiger partial charge < -0.3 is 23.5 Å². The highest BCUT2D eigenvalue weighted by atomic mass is 32.2. The summed E-state index contributed by atoms with van der Waals surface area (Å²) in [6.07, 6.45) is -2.00. The van der Waals surface area contributed by atoms with E-state index in [-0.39, 0.29) is 31.6 Å². The molecule has 0 amide bonds. The van der Waals surface area contributed by atoms with Crippen LogP contribution in [0.15, 0.2) is 12.2 Å². The van der Waals surface area contributed by atoms with Crippen LogP contribution < -0.4 is 0 Å². The van der Waals surface area contributed by atoms with Crippen molar-refractivity contribution in [2.75, 3.05) is 13.2 Å². The third-order valence-electron chi connectivity index (χ3n) is 4.49. The second kappa shape index (κ2) is 8.05. The van der Waals surface area contributed by atoms with E-state index in [1.165, 1.54) is 20.8 Å². The predicted octanol–water partition coefficient (Wildman–Crippen LogP) is 0.0814. The molecule has 0 aromatic rings. The van der Waals surface area contributed by atoms with Crippen LogP contribution in [-0.2, 0) is 48.9 Å². The molecule has 0 aliphatic carbocycles. The molecule has 0 spiro atoms. The van der Waals surface area contributed by atoms with E-state index in [1.54, 1.807) is 0 Å². The van der Waals surface area contributed by atoms with E-state index in [0.717, 1.165) is 0 Å². The van der Waals surface area contributed by atoms with Crippen LogP contribution in [0.1, 0.15) is 33.6 Å². The van der Waals surface area contributed by atoms with E-state index >= 15 is 0 Å². The van der Waals surface area contributed by atoms with Gasteiger partial charge in [0.25, 0.3) is 0 Å². The number of hydrogen-bond donors (Lipinski definition) is 0. The molecule has 0 N–H and O–H groups in total. The lowest BCUT2D eigenvalue weighted by Gasteiger charge is -2.37. The van der Waals surface area contributed by atoms with E-state index in [2.05, 4.69) is 6.58 Å². The summed E-state index contributed by atoms with van der Waals surface area (Å²) >= 11 is -2.97. The first-order valence-electron chi connectivity index (χ1n) is 8.11.